The number of phenols is 2. The Bertz CT molecular complexity index is 430. The molecule has 2 unspecified atom stereocenters. The van der Waals surface area contributed by atoms with Crippen LogP contribution in [0.3, 0.4) is 0 Å². The molecule has 4 heteroatoms. The third kappa shape index (κ3) is 3.87. The summed E-state index contributed by atoms with van der Waals surface area (Å²) in [4.78, 5) is 2.52. The van der Waals surface area contributed by atoms with Gasteiger partial charge in [0.1, 0.15) is 11.5 Å². The molecule has 1 aromatic rings. The van der Waals surface area contributed by atoms with Gasteiger partial charge in [-0.1, -0.05) is 6.42 Å². The van der Waals surface area contributed by atoms with Gasteiger partial charge in [-0.25, -0.2) is 0 Å². The normalized spacial score (nSPS) is 19.7. The summed E-state index contributed by atoms with van der Waals surface area (Å²) < 4.78 is 0. The van der Waals surface area contributed by atoms with Crippen molar-refractivity contribution in [3.05, 3.63) is 23.8 Å². The molecule has 20 heavy (non-hydrogen) atoms. The second-order valence-corrected chi connectivity index (χ2v) is 5.82. The standard InChI is InChI=1S/C16H26N2O2/c1-12(18-8-4-3-5-9-18)11-17-13(2)15-10-14(19)6-7-16(15)20/h6-7,10,12-13,17,19-20H,3-5,8-9,11H2,1-2H3. The van der Waals surface area contributed by atoms with E-state index in [9.17, 15) is 10.2 Å². The van der Waals surface area contributed by atoms with Crippen LogP contribution in [0.25, 0.3) is 0 Å². The lowest BCUT2D eigenvalue weighted by Gasteiger charge is -2.33. The number of hydrogen-bond donors (Lipinski definition) is 3. The molecule has 2 atom stereocenters. The van der Waals surface area contributed by atoms with E-state index in [4.69, 9.17) is 0 Å². The maximum absolute atomic E-state index is 9.86. The number of benzene rings is 1. The van der Waals surface area contributed by atoms with Gasteiger partial charge in [0.2, 0.25) is 0 Å². The molecular weight excluding hydrogens is 252 g/mol. The van der Waals surface area contributed by atoms with Gasteiger partial charge in [0, 0.05) is 24.2 Å². The van der Waals surface area contributed by atoms with Crippen LogP contribution in [0.1, 0.15) is 44.7 Å². The Balaban J connectivity index is 1.87. The molecule has 0 aliphatic carbocycles. The van der Waals surface area contributed by atoms with Crippen LogP contribution in [-0.2, 0) is 0 Å². The van der Waals surface area contributed by atoms with Crippen LogP contribution < -0.4 is 5.32 Å². The van der Waals surface area contributed by atoms with Crippen molar-refractivity contribution < 1.29 is 10.2 Å². The van der Waals surface area contributed by atoms with Crippen LogP contribution >= 0.6 is 0 Å². The highest BCUT2D eigenvalue weighted by Gasteiger charge is 2.18. The van der Waals surface area contributed by atoms with E-state index >= 15 is 0 Å². The molecule has 1 aromatic carbocycles. The molecule has 4 nitrogen and oxygen atoms in total. The molecule has 0 aromatic heterocycles. The number of phenolic OH excluding ortho intramolecular Hbond substituents is 2. The van der Waals surface area contributed by atoms with Gasteiger partial charge in [-0.15, -0.1) is 0 Å². The first-order valence-electron chi connectivity index (χ1n) is 7.57. The molecule has 0 bridgehead atoms. The Morgan fingerprint density at radius 2 is 1.85 bits per heavy atom. The fourth-order valence-electron chi connectivity index (χ4n) is 2.83. The zero-order valence-electron chi connectivity index (χ0n) is 12.5. The highest BCUT2D eigenvalue weighted by Crippen LogP contribution is 2.27. The zero-order valence-corrected chi connectivity index (χ0v) is 12.5. The third-order valence-electron chi connectivity index (χ3n) is 4.21. The quantitative estimate of drug-likeness (QED) is 0.725. The average molecular weight is 278 g/mol. The van der Waals surface area contributed by atoms with E-state index in [1.165, 1.54) is 44.5 Å². The summed E-state index contributed by atoms with van der Waals surface area (Å²) in [6, 6.07) is 5.18. The minimum Gasteiger partial charge on any atom is -0.508 e. The molecule has 0 amide bonds. The number of nitrogens with one attached hydrogen (secondary N) is 1. The molecule has 0 spiro atoms. The molecule has 1 aliphatic heterocycles. The van der Waals surface area contributed by atoms with E-state index in [2.05, 4.69) is 17.1 Å². The number of rotatable bonds is 5. The van der Waals surface area contributed by atoms with Crippen molar-refractivity contribution in [3.8, 4) is 11.5 Å². The van der Waals surface area contributed by atoms with Crippen molar-refractivity contribution >= 4 is 0 Å². The van der Waals surface area contributed by atoms with Crippen LogP contribution in [-0.4, -0.2) is 40.8 Å². The highest BCUT2D eigenvalue weighted by atomic mass is 16.3. The SMILES string of the molecule is CC(NCC(C)N1CCCCC1)c1cc(O)ccc1O. The van der Waals surface area contributed by atoms with Gasteiger partial charge in [-0.05, 0) is 58.0 Å². The maximum Gasteiger partial charge on any atom is 0.120 e. The van der Waals surface area contributed by atoms with Gasteiger partial charge in [0.15, 0.2) is 0 Å². The third-order valence-corrected chi connectivity index (χ3v) is 4.21. The van der Waals surface area contributed by atoms with Gasteiger partial charge in [0.05, 0.1) is 0 Å². The second kappa shape index (κ2) is 6.95. The molecule has 1 aliphatic rings. The topological polar surface area (TPSA) is 55.7 Å². The van der Waals surface area contributed by atoms with Gasteiger partial charge in [0.25, 0.3) is 0 Å². The predicted octanol–water partition coefficient (Wildman–Crippen LogP) is 2.62. The molecular formula is C16H26N2O2. The summed E-state index contributed by atoms with van der Waals surface area (Å²) in [5.74, 6) is 0.420. The minimum atomic E-state index is 0.0225. The van der Waals surface area contributed by atoms with E-state index in [0.29, 0.717) is 6.04 Å². The van der Waals surface area contributed by atoms with Crippen molar-refractivity contribution in [2.75, 3.05) is 19.6 Å². The predicted molar refractivity (Wildman–Crippen MR) is 81.1 cm³/mol. The number of aromatic hydroxyl groups is 2. The molecule has 112 valence electrons. The molecule has 1 fully saturated rings. The molecule has 0 radical (unpaired) electrons. The van der Waals surface area contributed by atoms with Crippen molar-refractivity contribution in [2.45, 2.75) is 45.2 Å². The lowest BCUT2D eigenvalue weighted by Crippen LogP contribution is -2.43. The lowest BCUT2D eigenvalue weighted by molar-refractivity contribution is 0.168. The first-order chi connectivity index (χ1) is 9.58. The van der Waals surface area contributed by atoms with Crippen molar-refractivity contribution in [2.24, 2.45) is 0 Å². The van der Waals surface area contributed by atoms with Crippen molar-refractivity contribution in [1.82, 2.24) is 10.2 Å². The summed E-state index contributed by atoms with van der Waals surface area (Å²) in [5.41, 5.74) is 0.746. The van der Waals surface area contributed by atoms with Crippen LogP contribution in [0.4, 0.5) is 0 Å². The number of hydrogen-bond acceptors (Lipinski definition) is 4. The van der Waals surface area contributed by atoms with Gasteiger partial charge < -0.3 is 15.5 Å². The van der Waals surface area contributed by atoms with Crippen LogP contribution in [0.15, 0.2) is 18.2 Å². The monoisotopic (exact) mass is 278 g/mol. The first kappa shape index (κ1) is 15.1. The van der Waals surface area contributed by atoms with Gasteiger partial charge in [-0.3, -0.25) is 4.90 Å². The van der Waals surface area contributed by atoms with Crippen LogP contribution in [0.5, 0.6) is 11.5 Å². The molecule has 2 rings (SSSR count). The number of likely N-dealkylation sites (tertiary alicyclic amines) is 1. The average Bonchev–Trinajstić information content (AvgIpc) is 2.47. The van der Waals surface area contributed by atoms with E-state index in [0.717, 1.165) is 12.1 Å². The summed E-state index contributed by atoms with van der Waals surface area (Å²) in [6.45, 7) is 7.52. The van der Waals surface area contributed by atoms with Crippen LogP contribution in [0, 0.1) is 0 Å². The van der Waals surface area contributed by atoms with E-state index in [1.54, 1.807) is 6.07 Å². The zero-order chi connectivity index (χ0) is 14.5. The Kier molecular flexibility index (Phi) is 5.26. The lowest BCUT2D eigenvalue weighted by atomic mass is 10.1. The fourth-order valence-corrected chi connectivity index (χ4v) is 2.83. The summed E-state index contributed by atoms with van der Waals surface area (Å²) in [7, 11) is 0. The van der Waals surface area contributed by atoms with Crippen LogP contribution in [0.2, 0.25) is 0 Å². The van der Waals surface area contributed by atoms with E-state index < -0.39 is 0 Å². The Hall–Kier alpha value is -1.26. The Labute approximate surface area is 121 Å². The second-order valence-electron chi connectivity index (χ2n) is 5.82. The van der Waals surface area contributed by atoms with Gasteiger partial charge in [-0.2, -0.15) is 0 Å². The van der Waals surface area contributed by atoms with Gasteiger partial charge >= 0.3 is 0 Å². The smallest absolute Gasteiger partial charge is 0.120 e. The number of piperidine rings is 1. The van der Waals surface area contributed by atoms with Crippen molar-refractivity contribution in [3.63, 3.8) is 0 Å². The number of nitrogens with zero attached hydrogens (tertiary/aromatic N) is 1. The Morgan fingerprint density at radius 1 is 1.15 bits per heavy atom. The fraction of sp³-hybridized carbons (Fsp3) is 0.625. The van der Waals surface area contributed by atoms with E-state index in [-0.39, 0.29) is 17.5 Å². The minimum absolute atomic E-state index is 0.0225. The van der Waals surface area contributed by atoms with E-state index in [1.807, 2.05) is 6.92 Å². The largest absolute Gasteiger partial charge is 0.508 e. The van der Waals surface area contributed by atoms with Crippen molar-refractivity contribution in [1.29, 1.82) is 0 Å². The molecule has 1 saturated heterocycles. The molecule has 3 N–H and O–H groups in total. The molecule has 1 heterocycles. The summed E-state index contributed by atoms with van der Waals surface area (Å²) in [6.07, 6.45) is 3.95. The molecule has 0 saturated carbocycles. The first-order valence-corrected chi connectivity index (χ1v) is 7.57. The Morgan fingerprint density at radius 3 is 2.55 bits per heavy atom. The highest BCUT2D eigenvalue weighted by molar-refractivity contribution is 5.40. The summed E-state index contributed by atoms with van der Waals surface area (Å²) >= 11 is 0. The maximum atomic E-state index is 9.86. The summed E-state index contributed by atoms with van der Waals surface area (Å²) in [5, 5.41) is 22.8.